The molecule has 0 aromatic rings. The number of rotatable bonds is 6. The normalized spacial score (nSPS) is 25.5. The summed E-state index contributed by atoms with van der Waals surface area (Å²) in [7, 11) is -1.00. The van der Waals surface area contributed by atoms with Gasteiger partial charge in [-0.05, 0) is 19.8 Å². The van der Waals surface area contributed by atoms with E-state index in [1.165, 1.54) is 0 Å². The van der Waals surface area contributed by atoms with Crippen LogP contribution in [-0.2, 0) is 14.8 Å². The summed E-state index contributed by atoms with van der Waals surface area (Å²) in [5, 5.41) is 3.27. The molecule has 0 saturated carbocycles. The van der Waals surface area contributed by atoms with E-state index in [0.29, 0.717) is 25.6 Å². The Morgan fingerprint density at radius 3 is 2.91 bits per heavy atom. The molecule has 0 aromatic heterocycles. The third kappa shape index (κ3) is 4.82. The van der Waals surface area contributed by atoms with Crippen LogP contribution >= 0.6 is 0 Å². The average Bonchev–Trinajstić information content (AvgIpc) is 3.08. The Bertz CT molecular complexity index is 474. The van der Waals surface area contributed by atoms with Gasteiger partial charge in [0.1, 0.15) is 0 Å². The second-order valence-corrected chi connectivity index (χ2v) is 8.00. The molecule has 8 heteroatoms. The van der Waals surface area contributed by atoms with Crippen molar-refractivity contribution in [2.75, 3.05) is 58.7 Å². The number of guanidine groups is 1. The molecule has 2 fully saturated rings. The van der Waals surface area contributed by atoms with E-state index in [4.69, 9.17) is 4.74 Å². The van der Waals surface area contributed by atoms with Crippen LogP contribution in [0.1, 0.15) is 19.8 Å². The molecule has 2 aliphatic rings. The van der Waals surface area contributed by atoms with E-state index >= 15 is 0 Å². The molecule has 0 radical (unpaired) electrons. The summed E-state index contributed by atoms with van der Waals surface area (Å²) in [5.41, 5.74) is 0. The molecule has 128 valence electrons. The van der Waals surface area contributed by atoms with Gasteiger partial charge in [0, 0.05) is 45.8 Å². The van der Waals surface area contributed by atoms with Crippen molar-refractivity contribution in [3.63, 3.8) is 0 Å². The second-order valence-electron chi connectivity index (χ2n) is 5.91. The Morgan fingerprint density at radius 1 is 1.50 bits per heavy atom. The molecule has 2 rings (SSSR count). The van der Waals surface area contributed by atoms with Gasteiger partial charge in [-0.25, -0.2) is 12.7 Å². The van der Waals surface area contributed by atoms with E-state index in [1.807, 2.05) is 14.0 Å². The van der Waals surface area contributed by atoms with E-state index in [0.717, 1.165) is 45.1 Å². The molecule has 2 aliphatic heterocycles. The lowest BCUT2D eigenvalue weighted by atomic mass is 10.1. The zero-order valence-electron chi connectivity index (χ0n) is 13.6. The predicted octanol–water partition coefficient (Wildman–Crippen LogP) is -0.0443. The first-order chi connectivity index (χ1) is 10.5. The van der Waals surface area contributed by atoms with Crippen molar-refractivity contribution in [3.05, 3.63) is 0 Å². The van der Waals surface area contributed by atoms with Crippen LogP contribution < -0.4 is 5.32 Å². The fourth-order valence-corrected chi connectivity index (χ4v) is 4.40. The summed E-state index contributed by atoms with van der Waals surface area (Å²) in [6.07, 6.45) is 1.82. The Kier molecular flexibility index (Phi) is 6.46. The highest BCUT2D eigenvalue weighted by molar-refractivity contribution is 7.89. The molecule has 22 heavy (non-hydrogen) atoms. The van der Waals surface area contributed by atoms with Gasteiger partial charge >= 0.3 is 0 Å². The fourth-order valence-electron chi connectivity index (χ4n) is 2.88. The molecular formula is C14H28N4O3S. The molecule has 0 spiro atoms. The zero-order valence-corrected chi connectivity index (χ0v) is 14.4. The highest BCUT2D eigenvalue weighted by Crippen LogP contribution is 2.14. The summed E-state index contributed by atoms with van der Waals surface area (Å²) < 4.78 is 30.5. The topological polar surface area (TPSA) is 74.2 Å². The molecule has 1 unspecified atom stereocenters. The Morgan fingerprint density at radius 2 is 2.32 bits per heavy atom. The maximum absolute atomic E-state index is 11.8. The summed E-state index contributed by atoms with van der Waals surface area (Å²) >= 11 is 0. The minimum Gasteiger partial charge on any atom is -0.381 e. The number of hydrogen-bond acceptors (Lipinski definition) is 4. The predicted molar refractivity (Wildman–Crippen MR) is 87.5 cm³/mol. The molecule has 0 aliphatic carbocycles. The largest absolute Gasteiger partial charge is 0.381 e. The van der Waals surface area contributed by atoms with Crippen LogP contribution in [-0.4, -0.2) is 82.3 Å². The van der Waals surface area contributed by atoms with E-state index in [-0.39, 0.29) is 5.75 Å². The minimum atomic E-state index is -3.02. The van der Waals surface area contributed by atoms with Gasteiger partial charge in [-0.2, -0.15) is 0 Å². The van der Waals surface area contributed by atoms with Crippen LogP contribution in [0, 0.1) is 5.92 Å². The van der Waals surface area contributed by atoms with Gasteiger partial charge in [0.15, 0.2) is 5.96 Å². The third-order valence-corrected chi connectivity index (χ3v) is 6.02. The summed E-state index contributed by atoms with van der Waals surface area (Å²) in [6, 6.07) is 0. The van der Waals surface area contributed by atoms with Gasteiger partial charge < -0.3 is 15.0 Å². The molecule has 0 amide bonds. The number of hydrogen-bond donors (Lipinski definition) is 1. The van der Waals surface area contributed by atoms with Crippen LogP contribution in [0.3, 0.4) is 0 Å². The van der Waals surface area contributed by atoms with E-state index in [1.54, 1.807) is 4.31 Å². The Balaban J connectivity index is 1.85. The van der Waals surface area contributed by atoms with Crippen molar-refractivity contribution in [3.8, 4) is 0 Å². The average molecular weight is 332 g/mol. The number of aliphatic imine (C=N–C) groups is 1. The number of nitrogens with one attached hydrogen (secondary N) is 1. The van der Waals surface area contributed by atoms with Crippen molar-refractivity contribution in [2.45, 2.75) is 19.8 Å². The molecule has 0 aromatic carbocycles. The van der Waals surface area contributed by atoms with Gasteiger partial charge in [-0.1, -0.05) is 0 Å². The van der Waals surface area contributed by atoms with Crippen molar-refractivity contribution >= 4 is 16.0 Å². The third-order valence-electron chi connectivity index (χ3n) is 4.07. The van der Waals surface area contributed by atoms with E-state index in [2.05, 4.69) is 15.2 Å². The molecular weight excluding hydrogens is 304 g/mol. The summed E-state index contributed by atoms with van der Waals surface area (Å²) in [5.74, 6) is 1.66. The molecule has 0 bridgehead atoms. The lowest BCUT2D eigenvalue weighted by Gasteiger charge is -2.24. The Labute approximate surface area is 133 Å². The molecule has 1 N–H and O–H groups in total. The molecule has 2 heterocycles. The summed E-state index contributed by atoms with van der Waals surface area (Å²) in [6.45, 7) is 7.00. The minimum absolute atomic E-state index is 0.276. The number of ether oxygens (including phenoxy) is 1. The highest BCUT2D eigenvalue weighted by Gasteiger charge is 2.27. The number of nitrogens with zero attached hydrogens (tertiary/aromatic N) is 3. The maximum Gasteiger partial charge on any atom is 0.214 e. The van der Waals surface area contributed by atoms with Gasteiger partial charge in [0.25, 0.3) is 0 Å². The maximum atomic E-state index is 11.8. The van der Waals surface area contributed by atoms with E-state index in [9.17, 15) is 8.42 Å². The van der Waals surface area contributed by atoms with Crippen molar-refractivity contribution in [2.24, 2.45) is 10.9 Å². The first kappa shape index (κ1) is 17.5. The van der Waals surface area contributed by atoms with E-state index < -0.39 is 10.0 Å². The lowest BCUT2D eigenvalue weighted by Crippen LogP contribution is -2.42. The monoisotopic (exact) mass is 332 g/mol. The van der Waals surface area contributed by atoms with Gasteiger partial charge in [-0.15, -0.1) is 0 Å². The van der Waals surface area contributed by atoms with Crippen LogP contribution in [0.5, 0.6) is 0 Å². The first-order valence-electron chi connectivity index (χ1n) is 8.08. The highest BCUT2D eigenvalue weighted by atomic mass is 32.2. The standard InChI is InChI=1S/C14H28N4O3S/c1-3-15-14(17(2)11-13-5-9-21-12-13)16-6-8-18-7-4-10-22(18,19)20/h13H,3-12H2,1-2H3,(H,15,16). The summed E-state index contributed by atoms with van der Waals surface area (Å²) in [4.78, 5) is 6.68. The zero-order chi connectivity index (χ0) is 16.0. The fraction of sp³-hybridized carbons (Fsp3) is 0.929. The van der Waals surface area contributed by atoms with Gasteiger partial charge in [0.05, 0.1) is 18.9 Å². The van der Waals surface area contributed by atoms with Gasteiger partial charge in [-0.3, -0.25) is 4.99 Å². The second kappa shape index (κ2) is 8.12. The molecule has 7 nitrogen and oxygen atoms in total. The quantitative estimate of drug-likeness (QED) is 0.545. The smallest absolute Gasteiger partial charge is 0.214 e. The Hall–Kier alpha value is -0.860. The SMILES string of the molecule is CCNC(=NCCN1CCCS1(=O)=O)N(C)CC1CCOC1. The van der Waals surface area contributed by atoms with Gasteiger partial charge in [0.2, 0.25) is 10.0 Å². The number of sulfonamides is 1. The first-order valence-corrected chi connectivity index (χ1v) is 9.69. The van der Waals surface area contributed by atoms with Crippen molar-refractivity contribution in [1.29, 1.82) is 0 Å². The lowest BCUT2D eigenvalue weighted by molar-refractivity contribution is 0.181. The van der Waals surface area contributed by atoms with Crippen LogP contribution in [0.2, 0.25) is 0 Å². The van der Waals surface area contributed by atoms with Crippen molar-refractivity contribution < 1.29 is 13.2 Å². The van der Waals surface area contributed by atoms with Crippen LogP contribution in [0.4, 0.5) is 0 Å². The van der Waals surface area contributed by atoms with Crippen molar-refractivity contribution in [1.82, 2.24) is 14.5 Å². The van der Waals surface area contributed by atoms with Crippen LogP contribution in [0.15, 0.2) is 4.99 Å². The van der Waals surface area contributed by atoms with Crippen LogP contribution in [0.25, 0.3) is 0 Å². The molecule has 2 saturated heterocycles. The molecule has 1 atom stereocenters.